The zero-order chi connectivity index (χ0) is 11.4. The Morgan fingerprint density at radius 2 is 2.50 bits per heavy atom. The van der Waals surface area contributed by atoms with Gasteiger partial charge in [-0.25, -0.2) is 0 Å². The molecule has 0 aromatic carbocycles. The van der Waals surface area contributed by atoms with Gasteiger partial charge in [0.2, 0.25) is 0 Å². The lowest BCUT2D eigenvalue weighted by atomic mass is 9.94. The van der Waals surface area contributed by atoms with E-state index in [9.17, 15) is 0 Å². The van der Waals surface area contributed by atoms with E-state index >= 15 is 0 Å². The van der Waals surface area contributed by atoms with Crippen molar-refractivity contribution in [1.29, 1.82) is 0 Å². The maximum absolute atomic E-state index is 5.78. The van der Waals surface area contributed by atoms with Gasteiger partial charge in [0, 0.05) is 11.2 Å². The molecule has 0 aromatic heterocycles. The first kappa shape index (κ1) is 12.3. The van der Waals surface area contributed by atoms with Crippen LogP contribution in [0.4, 0.5) is 0 Å². The van der Waals surface area contributed by atoms with Gasteiger partial charge >= 0.3 is 0 Å². The van der Waals surface area contributed by atoms with Crippen LogP contribution in [-0.4, -0.2) is 29.7 Å². The van der Waals surface area contributed by atoms with Crippen LogP contribution in [0.25, 0.3) is 0 Å². The molecule has 1 saturated heterocycles. The summed E-state index contributed by atoms with van der Waals surface area (Å²) in [7, 11) is 0. The molecule has 1 fully saturated rings. The van der Waals surface area contributed by atoms with Gasteiger partial charge in [-0.1, -0.05) is 6.92 Å². The summed E-state index contributed by atoms with van der Waals surface area (Å²) >= 11 is 2.11. The SMILES string of the molecule is CCCNC(C1=CCCO1)C1(C)CCCS1. The molecule has 0 amide bonds. The van der Waals surface area contributed by atoms with E-state index in [2.05, 4.69) is 37.0 Å². The molecule has 2 aliphatic heterocycles. The molecule has 2 heterocycles. The number of ether oxygens (including phenoxy) is 1. The molecule has 0 aliphatic carbocycles. The fraction of sp³-hybridized carbons (Fsp3) is 0.846. The molecular weight excluding hydrogens is 218 g/mol. The Morgan fingerprint density at radius 3 is 3.06 bits per heavy atom. The summed E-state index contributed by atoms with van der Waals surface area (Å²) < 4.78 is 6.11. The van der Waals surface area contributed by atoms with Crippen molar-refractivity contribution in [3.05, 3.63) is 11.8 Å². The first-order valence-electron chi connectivity index (χ1n) is 6.46. The average Bonchev–Trinajstić information content (AvgIpc) is 2.91. The Bertz CT molecular complexity index is 259. The Morgan fingerprint density at radius 1 is 1.62 bits per heavy atom. The molecule has 92 valence electrons. The number of hydrogen-bond acceptors (Lipinski definition) is 3. The summed E-state index contributed by atoms with van der Waals surface area (Å²) in [6.07, 6.45) is 7.20. The zero-order valence-electron chi connectivity index (χ0n) is 10.4. The van der Waals surface area contributed by atoms with Gasteiger partial charge in [-0.05, 0) is 44.6 Å². The first-order valence-corrected chi connectivity index (χ1v) is 7.45. The minimum absolute atomic E-state index is 0.339. The van der Waals surface area contributed by atoms with E-state index in [4.69, 9.17) is 4.74 Å². The van der Waals surface area contributed by atoms with Crippen molar-refractivity contribution in [1.82, 2.24) is 5.32 Å². The lowest BCUT2D eigenvalue weighted by Gasteiger charge is -2.34. The van der Waals surface area contributed by atoms with Crippen LogP contribution in [0, 0.1) is 0 Å². The predicted octanol–water partition coefficient (Wildman–Crippen LogP) is 2.94. The molecule has 0 saturated carbocycles. The second kappa shape index (κ2) is 5.46. The maximum atomic E-state index is 5.78. The zero-order valence-corrected chi connectivity index (χ0v) is 11.2. The lowest BCUT2D eigenvalue weighted by Crippen LogP contribution is -2.47. The van der Waals surface area contributed by atoms with Crippen molar-refractivity contribution >= 4 is 11.8 Å². The molecule has 2 unspecified atom stereocenters. The largest absolute Gasteiger partial charge is 0.496 e. The Kier molecular flexibility index (Phi) is 4.20. The summed E-state index contributed by atoms with van der Waals surface area (Å²) in [4.78, 5) is 0. The predicted molar refractivity (Wildman–Crippen MR) is 70.8 cm³/mol. The summed E-state index contributed by atoms with van der Waals surface area (Å²) in [5.41, 5.74) is 0. The van der Waals surface area contributed by atoms with Crippen molar-refractivity contribution in [2.45, 2.75) is 50.3 Å². The van der Waals surface area contributed by atoms with Crippen LogP contribution >= 0.6 is 11.8 Å². The molecule has 3 heteroatoms. The Hall–Kier alpha value is -0.150. The van der Waals surface area contributed by atoms with E-state index in [0.29, 0.717) is 10.8 Å². The van der Waals surface area contributed by atoms with E-state index in [1.165, 1.54) is 30.8 Å². The third kappa shape index (κ3) is 2.57. The second-order valence-corrected chi connectivity index (χ2v) is 6.52. The minimum atomic E-state index is 0.339. The summed E-state index contributed by atoms with van der Waals surface area (Å²) in [6, 6.07) is 0.419. The van der Waals surface area contributed by atoms with Gasteiger partial charge in [0.25, 0.3) is 0 Å². The molecule has 2 nitrogen and oxygen atoms in total. The Labute approximate surface area is 103 Å². The topological polar surface area (TPSA) is 21.3 Å². The number of rotatable bonds is 5. The molecule has 0 spiro atoms. The van der Waals surface area contributed by atoms with Crippen LogP contribution in [0.15, 0.2) is 11.8 Å². The van der Waals surface area contributed by atoms with E-state index in [1.807, 2.05) is 0 Å². The van der Waals surface area contributed by atoms with Crippen molar-refractivity contribution in [3.63, 3.8) is 0 Å². The van der Waals surface area contributed by atoms with Gasteiger partial charge < -0.3 is 10.1 Å². The summed E-state index contributed by atoms with van der Waals surface area (Å²) in [5, 5.41) is 3.68. The fourth-order valence-electron chi connectivity index (χ4n) is 2.57. The third-order valence-corrected chi connectivity index (χ3v) is 5.07. The van der Waals surface area contributed by atoms with Gasteiger partial charge in [-0.2, -0.15) is 11.8 Å². The molecule has 0 aromatic rings. The molecule has 2 atom stereocenters. The van der Waals surface area contributed by atoms with Crippen molar-refractivity contribution < 1.29 is 4.74 Å². The van der Waals surface area contributed by atoms with Crippen molar-refractivity contribution in [2.24, 2.45) is 0 Å². The molecule has 2 rings (SSSR count). The normalized spacial score (nSPS) is 31.2. The maximum Gasteiger partial charge on any atom is 0.110 e. The highest BCUT2D eigenvalue weighted by Crippen LogP contribution is 2.43. The number of thioether (sulfide) groups is 1. The van der Waals surface area contributed by atoms with Crippen molar-refractivity contribution in [3.8, 4) is 0 Å². The fourth-order valence-corrected chi connectivity index (χ4v) is 3.98. The van der Waals surface area contributed by atoms with Gasteiger partial charge in [0.05, 0.1) is 12.6 Å². The van der Waals surface area contributed by atoms with Crippen LogP contribution in [0.1, 0.15) is 39.5 Å². The first-order chi connectivity index (χ1) is 7.76. The summed E-state index contributed by atoms with van der Waals surface area (Å²) in [5.74, 6) is 2.50. The van der Waals surface area contributed by atoms with Gasteiger partial charge in [0.15, 0.2) is 0 Å². The quantitative estimate of drug-likeness (QED) is 0.799. The molecule has 0 radical (unpaired) electrons. The smallest absolute Gasteiger partial charge is 0.110 e. The van der Waals surface area contributed by atoms with Gasteiger partial charge in [-0.3, -0.25) is 0 Å². The van der Waals surface area contributed by atoms with E-state index in [-0.39, 0.29) is 0 Å². The van der Waals surface area contributed by atoms with E-state index in [0.717, 1.165) is 19.6 Å². The van der Waals surface area contributed by atoms with E-state index in [1.54, 1.807) is 0 Å². The standard InChI is InChI=1S/C13H23NOS/c1-3-8-14-12(11-6-4-9-15-11)13(2)7-5-10-16-13/h6,12,14H,3-5,7-10H2,1-2H3. The number of nitrogens with one attached hydrogen (secondary N) is 1. The highest BCUT2D eigenvalue weighted by atomic mass is 32.2. The highest BCUT2D eigenvalue weighted by Gasteiger charge is 2.40. The molecule has 1 N–H and O–H groups in total. The van der Waals surface area contributed by atoms with Crippen molar-refractivity contribution in [2.75, 3.05) is 18.9 Å². The monoisotopic (exact) mass is 241 g/mol. The van der Waals surface area contributed by atoms with Gasteiger partial charge in [-0.15, -0.1) is 0 Å². The molecule has 0 bridgehead atoms. The average molecular weight is 241 g/mol. The van der Waals surface area contributed by atoms with E-state index < -0.39 is 0 Å². The van der Waals surface area contributed by atoms with Crippen LogP contribution in [0.2, 0.25) is 0 Å². The number of hydrogen-bond donors (Lipinski definition) is 1. The molecule has 2 aliphatic rings. The second-order valence-electron chi connectivity index (χ2n) is 4.90. The van der Waals surface area contributed by atoms with Crippen LogP contribution in [-0.2, 0) is 4.74 Å². The minimum Gasteiger partial charge on any atom is -0.496 e. The van der Waals surface area contributed by atoms with Gasteiger partial charge in [0.1, 0.15) is 5.76 Å². The molecular formula is C13H23NOS. The van der Waals surface area contributed by atoms with Crippen LogP contribution in [0.5, 0.6) is 0 Å². The van der Waals surface area contributed by atoms with Crippen LogP contribution < -0.4 is 5.32 Å². The molecule has 16 heavy (non-hydrogen) atoms. The third-order valence-electron chi connectivity index (χ3n) is 3.48. The van der Waals surface area contributed by atoms with Crippen LogP contribution in [0.3, 0.4) is 0 Å². The lowest BCUT2D eigenvalue weighted by molar-refractivity contribution is 0.201. The Balaban J connectivity index is 2.06. The highest BCUT2D eigenvalue weighted by molar-refractivity contribution is 8.00. The summed E-state index contributed by atoms with van der Waals surface area (Å²) in [6.45, 7) is 6.57.